The number of carbonyl (C=O) groups is 2. The molecule has 3 rings (SSSR count). The van der Waals surface area contributed by atoms with E-state index in [4.69, 9.17) is 0 Å². The lowest BCUT2D eigenvalue weighted by Crippen LogP contribution is -2.24. The van der Waals surface area contributed by atoms with E-state index in [1.165, 1.54) is 7.05 Å². The van der Waals surface area contributed by atoms with E-state index in [1.807, 2.05) is 19.9 Å². The van der Waals surface area contributed by atoms with Crippen molar-refractivity contribution in [2.24, 2.45) is 0 Å². The summed E-state index contributed by atoms with van der Waals surface area (Å²) in [7, 11) is 1.50. The highest BCUT2D eigenvalue weighted by Crippen LogP contribution is 2.25. The van der Waals surface area contributed by atoms with Crippen LogP contribution >= 0.6 is 0 Å². The van der Waals surface area contributed by atoms with E-state index in [-0.39, 0.29) is 11.8 Å². The standard InChI is InChI=1S/C15H16N4O2/c1-8-13(9(2)18-17-8)7-16-10-4-5-11-12(6-10)15(21)19(3)14(11)20/h4-6,16H,7H2,1-3H3,(H,17,18). The quantitative estimate of drug-likeness (QED) is 0.843. The van der Waals surface area contributed by atoms with Crippen LogP contribution in [0.1, 0.15) is 37.7 Å². The van der Waals surface area contributed by atoms with E-state index in [0.717, 1.165) is 27.5 Å². The Morgan fingerprint density at radius 3 is 2.57 bits per heavy atom. The van der Waals surface area contributed by atoms with Crippen LogP contribution in [0.2, 0.25) is 0 Å². The first-order valence-electron chi connectivity index (χ1n) is 6.70. The smallest absolute Gasteiger partial charge is 0.261 e. The molecule has 0 saturated heterocycles. The van der Waals surface area contributed by atoms with E-state index in [2.05, 4.69) is 15.5 Å². The molecule has 0 radical (unpaired) electrons. The molecule has 0 aliphatic carbocycles. The molecule has 0 saturated carbocycles. The van der Waals surface area contributed by atoms with Gasteiger partial charge in [-0.2, -0.15) is 5.10 Å². The van der Waals surface area contributed by atoms with Crippen LogP contribution in [0.5, 0.6) is 0 Å². The normalized spacial score (nSPS) is 13.8. The van der Waals surface area contributed by atoms with Gasteiger partial charge in [0.25, 0.3) is 11.8 Å². The molecule has 21 heavy (non-hydrogen) atoms. The van der Waals surface area contributed by atoms with Crippen molar-refractivity contribution in [1.82, 2.24) is 15.1 Å². The van der Waals surface area contributed by atoms with Gasteiger partial charge < -0.3 is 5.32 Å². The highest BCUT2D eigenvalue weighted by molar-refractivity contribution is 6.21. The summed E-state index contributed by atoms with van der Waals surface area (Å²) >= 11 is 0. The predicted octanol–water partition coefficient (Wildman–Crippen LogP) is 1.86. The fourth-order valence-corrected chi connectivity index (χ4v) is 2.50. The molecule has 1 aliphatic rings. The summed E-state index contributed by atoms with van der Waals surface area (Å²) in [6.07, 6.45) is 0. The Balaban J connectivity index is 1.83. The van der Waals surface area contributed by atoms with Gasteiger partial charge in [0.05, 0.1) is 16.8 Å². The lowest BCUT2D eigenvalue weighted by atomic mass is 10.1. The summed E-state index contributed by atoms with van der Waals surface area (Å²) in [6.45, 7) is 4.53. The number of hydrogen-bond donors (Lipinski definition) is 2. The summed E-state index contributed by atoms with van der Waals surface area (Å²) in [6, 6.07) is 5.23. The number of imide groups is 1. The molecule has 108 valence electrons. The van der Waals surface area contributed by atoms with E-state index >= 15 is 0 Å². The summed E-state index contributed by atoms with van der Waals surface area (Å²) in [5, 5.41) is 10.4. The van der Waals surface area contributed by atoms with Crippen LogP contribution < -0.4 is 5.32 Å². The minimum Gasteiger partial charge on any atom is -0.381 e. The molecule has 2 heterocycles. The molecule has 2 aromatic rings. The van der Waals surface area contributed by atoms with Gasteiger partial charge >= 0.3 is 0 Å². The number of rotatable bonds is 3. The fourth-order valence-electron chi connectivity index (χ4n) is 2.50. The second-order valence-corrected chi connectivity index (χ2v) is 5.20. The lowest BCUT2D eigenvalue weighted by Gasteiger charge is -2.07. The van der Waals surface area contributed by atoms with Gasteiger partial charge in [0, 0.05) is 30.5 Å². The first-order chi connectivity index (χ1) is 9.99. The molecule has 6 heteroatoms. The molecule has 6 nitrogen and oxygen atoms in total. The molecular formula is C15H16N4O2. The number of nitrogens with one attached hydrogen (secondary N) is 2. The van der Waals surface area contributed by atoms with Gasteiger partial charge in [0.1, 0.15) is 0 Å². The van der Waals surface area contributed by atoms with Crippen LogP contribution in [0.15, 0.2) is 18.2 Å². The lowest BCUT2D eigenvalue weighted by molar-refractivity contribution is 0.0693. The number of anilines is 1. The van der Waals surface area contributed by atoms with Crippen molar-refractivity contribution >= 4 is 17.5 Å². The molecule has 2 N–H and O–H groups in total. The van der Waals surface area contributed by atoms with Crippen molar-refractivity contribution in [3.63, 3.8) is 0 Å². The average Bonchev–Trinajstić information content (AvgIpc) is 2.90. The molecule has 1 aromatic heterocycles. The Bertz CT molecular complexity index is 729. The highest BCUT2D eigenvalue weighted by Gasteiger charge is 2.32. The summed E-state index contributed by atoms with van der Waals surface area (Å²) in [4.78, 5) is 24.9. The zero-order chi connectivity index (χ0) is 15.1. The van der Waals surface area contributed by atoms with Crippen LogP contribution in [-0.4, -0.2) is 34.0 Å². The van der Waals surface area contributed by atoms with Gasteiger partial charge in [-0.15, -0.1) is 0 Å². The molecule has 1 aliphatic heterocycles. The van der Waals surface area contributed by atoms with Gasteiger partial charge in [0.2, 0.25) is 0 Å². The Labute approximate surface area is 122 Å². The topological polar surface area (TPSA) is 78.1 Å². The number of aromatic amines is 1. The Morgan fingerprint density at radius 1 is 1.19 bits per heavy atom. The fraction of sp³-hybridized carbons (Fsp3) is 0.267. The second kappa shape index (κ2) is 4.73. The first kappa shape index (κ1) is 13.4. The minimum absolute atomic E-state index is 0.247. The average molecular weight is 284 g/mol. The number of benzene rings is 1. The molecule has 0 unspecified atom stereocenters. The number of fused-ring (bicyclic) bond motifs is 1. The monoisotopic (exact) mass is 284 g/mol. The van der Waals surface area contributed by atoms with E-state index in [9.17, 15) is 9.59 Å². The van der Waals surface area contributed by atoms with E-state index in [0.29, 0.717) is 17.7 Å². The van der Waals surface area contributed by atoms with Crippen molar-refractivity contribution in [1.29, 1.82) is 0 Å². The number of carbonyl (C=O) groups excluding carboxylic acids is 2. The second-order valence-electron chi connectivity index (χ2n) is 5.20. The molecule has 0 spiro atoms. The third kappa shape index (κ3) is 2.08. The zero-order valence-corrected chi connectivity index (χ0v) is 12.2. The van der Waals surface area contributed by atoms with Gasteiger partial charge in [0.15, 0.2) is 0 Å². The molecular weight excluding hydrogens is 268 g/mol. The van der Waals surface area contributed by atoms with Crippen LogP contribution in [-0.2, 0) is 6.54 Å². The van der Waals surface area contributed by atoms with Crippen molar-refractivity contribution in [3.05, 3.63) is 46.3 Å². The van der Waals surface area contributed by atoms with Gasteiger partial charge in [-0.05, 0) is 32.0 Å². The maximum absolute atomic E-state index is 12.0. The zero-order valence-electron chi connectivity index (χ0n) is 12.2. The molecule has 1 aromatic carbocycles. The van der Waals surface area contributed by atoms with Crippen molar-refractivity contribution in [2.45, 2.75) is 20.4 Å². The van der Waals surface area contributed by atoms with Crippen LogP contribution in [0.4, 0.5) is 5.69 Å². The summed E-state index contributed by atoms with van der Waals surface area (Å²) < 4.78 is 0. The molecule has 0 atom stereocenters. The van der Waals surface area contributed by atoms with Crippen LogP contribution in [0, 0.1) is 13.8 Å². The summed E-state index contributed by atoms with van der Waals surface area (Å²) in [5.74, 6) is -0.502. The van der Waals surface area contributed by atoms with E-state index in [1.54, 1.807) is 12.1 Å². The number of H-pyrrole nitrogens is 1. The van der Waals surface area contributed by atoms with Crippen LogP contribution in [0.3, 0.4) is 0 Å². The predicted molar refractivity (Wildman–Crippen MR) is 78.3 cm³/mol. The number of aromatic nitrogens is 2. The number of nitrogens with zero attached hydrogens (tertiary/aromatic N) is 2. The van der Waals surface area contributed by atoms with Crippen LogP contribution in [0.25, 0.3) is 0 Å². The number of amides is 2. The Hall–Kier alpha value is -2.63. The third-order valence-corrected chi connectivity index (χ3v) is 3.84. The van der Waals surface area contributed by atoms with Crippen molar-refractivity contribution < 1.29 is 9.59 Å². The minimum atomic E-state index is -0.255. The third-order valence-electron chi connectivity index (χ3n) is 3.84. The highest BCUT2D eigenvalue weighted by atomic mass is 16.2. The Kier molecular flexibility index (Phi) is 3.01. The van der Waals surface area contributed by atoms with Gasteiger partial charge in [-0.3, -0.25) is 19.6 Å². The maximum atomic E-state index is 12.0. The van der Waals surface area contributed by atoms with Gasteiger partial charge in [-0.1, -0.05) is 0 Å². The van der Waals surface area contributed by atoms with Crippen molar-refractivity contribution in [3.8, 4) is 0 Å². The van der Waals surface area contributed by atoms with E-state index < -0.39 is 0 Å². The van der Waals surface area contributed by atoms with Gasteiger partial charge in [-0.25, -0.2) is 0 Å². The Morgan fingerprint density at radius 2 is 1.90 bits per heavy atom. The number of hydrogen-bond acceptors (Lipinski definition) is 4. The first-order valence-corrected chi connectivity index (χ1v) is 6.70. The number of aryl methyl sites for hydroxylation is 2. The van der Waals surface area contributed by atoms with Crippen molar-refractivity contribution in [2.75, 3.05) is 12.4 Å². The summed E-state index contributed by atoms with van der Waals surface area (Å²) in [5.41, 5.74) is 4.80. The SMILES string of the molecule is Cc1n[nH]c(C)c1CNc1ccc2c(c1)C(=O)N(C)C2=O. The largest absolute Gasteiger partial charge is 0.381 e. The maximum Gasteiger partial charge on any atom is 0.261 e. The molecule has 0 fully saturated rings. The molecule has 0 bridgehead atoms. The molecule has 2 amide bonds.